The van der Waals surface area contributed by atoms with Crippen LogP contribution >= 0.6 is 0 Å². The molecule has 0 spiro atoms. The molecule has 2 N–H and O–H groups in total. The second-order valence-electron chi connectivity index (χ2n) is 5.77. The van der Waals surface area contributed by atoms with E-state index >= 15 is 0 Å². The van der Waals surface area contributed by atoms with Crippen molar-refractivity contribution >= 4 is 20.0 Å². The van der Waals surface area contributed by atoms with Crippen molar-refractivity contribution in [3.63, 3.8) is 0 Å². The Kier molecular flexibility index (Phi) is 3.67. The molecule has 0 aliphatic carbocycles. The van der Waals surface area contributed by atoms with Gasteiger partial charge in [-0.3, -0.25) is 0 Å². The van der Waals surface area contributed by atoms with Crippen molar-refractivity contribution in [3.8, 4) is 0 Å². The van der Waals surface area contributed by atoms with Crippen LogP contribution in [0.25, 0.3) is 0 Å². The number of benzene rings is 1. The highest BCUT2D eigenvalue weighted by Gasteiger charge is 2.40. The Morgan fingerprint density at radius 3 is 2.06 bits per heavy atom. The van der Waals surface area contributed by atoms with Crippen molar-refractivity contribution in [2.75, 3.05) is 5.73 Å². The molecule has 1 aromatic rings. The summed E-state index contributed by atoms with van der Waals surface area (Å²) in [5.41, 5.74) is 6.79. The molecule has 0 heterocycles. The number of carbonyl (C=O) groups excluding carboxylic acids is 1. The van der Waals surface area contributed by atoms with Crippen molar-refractivity contribution < 1.29 is 9.22 Å². The van der Waals surface area contributed by atoms with Crippen LogP contribution in [-0.4, -0.2) is 14.3 Å². The van der Waals surface area contributed by atoms with Gasteiger partial charge in [0.15, 0.2) is 0 Å². The van der Waals surface area contributed by atoms with Crippen LogP contribution in [0.15, 0.2) is 24.3 Å². The van der Waals surface area contributed by atoms with Crippen LogP contribution in [0.1, 0.15) is 31.1 Å². The second-order valence-corrected chi connectivity index (χ2v) is 10.5. The largest absolute Gasteiger partial charge is 0.516 e. The van der Waals surface area contributed by atoms with Crippen LogP contribution in [0, 0.1) is 0 Å². The molecular weight excluding hydrogens is 230 g/mol. The van der Waals surface area contributed by atoms with Crippen LogP contribution < -0.4 is 5.73 Å². The minimum atomic E-state index is -2.05. The molecule has 0 aromatic heterocycles. The van der Waals surface area contributed by atoms with Gasteiger partial charge in [0.05, 0.1) is 5.56 Å². The summed E-state index contributed by atoms with van der Waals surface area (Å²) < 4.78 is 5.69. The average Bonchev–Trinajstić information content (AvgIpc) is 2.16. The van der Waals surface area contributed by atoms with Crippen molar-refractivity contribution in [2.24, 2.45) is 0 Å². The zero-order chi connectivity index (χ0) is 13.3. The Labute approximate surface area is 104 Å². The number of nitrogen functional groups attached to an aromatic ring is 1. The highest BCUT2D eigenvalue weighted by molar-refractivity contribution is 6.75. The van der Waals surface area contributed by atoms with E-state index in [1.165, 1.54) is 0 Å². The minimum Gasteiger partial charge on any atom is -0.516 e. The molecule has 17 heavy (non-hydrogen) atoms. The molecule has 4 heteroatoms. The molecule has 0 amide bonds. The Morgan fingerprint density at radius 1 is 1.18 bits per heavy atom. The summed E-state index contributed by atoms with van der Waals surface area (Å²) >= 11 is 0. The average molecular weight is 251 g/mol. The quantitative estimate of drug-likeness (QED) is 0.647. The van der Waals surface area contributed by atoms with Crippen molar-refractivity contribution in [2.45, 2.75) is 38.9 Å². The molecule has 0 unspecified atom stereocenters. The van der Waals surface area contributed by atoms with Gasteiger partial charge in [-0.15, -0.1) is 0 Å². The number of rotatable bonds is 2. The Bertz CT molecular complexity index is 404. The summed E-state index contributed by atoms with van der Waals surface area (Å²) in [7, 11) is -2.05. The summed E-state index contributed by atoms with van der Waals surface area (Å²) in [4.78, 5) is 12.0. The van der Waals surface area contributed by atoms with E-state index in [1.54, 1.807) is 24.3 Å². The van der Waals surface area contributed by atoms with Crippen LogP contribution in [0.5, 0.6) is 0 Å². The first-order valence-corrected chi connectivity index (χ1v) is 8.63. The maximum absolute atomic E-state index is 12.0. The maximum Gasteiger partial charge on any atom is 0.324 e. The lowest BCUT2D eigenvalue weighted by Gasteiger charge is -2.35. The van der Waals surface area contributed by atoms with Gasteiger partial charge in [0.25, 0.3) is 8.32 Å². The first kappa shape index (κ1) is 13.8. The third-order valence-electron chi connectivity index (χ3n) is 3.30. The molecule has 0 fully saturated rings. The van der Waals surface area contributed by atoms with Crippen LogP contribution in [-0.2, 0) is 4.43 Å². The van der Waals surface area contributed by atoms with Crippen molar-refractivity contribution in [1.82, 2.24) is 0 Å². The number of hydrogen-bond acceptors (Lipinski definition) is 3. The lowest BCUT2D eigenvalue weighted by atomic mass is 10.2. The third kappa shape index (κ3) is 3.33. The van der Waals surface area contributed by atoms with Gasteiger partial charge < -0.3 is 10.2 Å². The van der Waals surface area contributed by atoms with Crippen molar-refractivity contribution in [1.29, 1.82) is 0 Å². The van der Waals surface area contributed by atoms with E-state index in [-0.39, 0.29) is 11.0 Å². The van der Waals surface area contributed by atoms with E-state index in [4.69, 9.17) is 10.2 Å². The molecule has 3 nitrogen and oxygen atoms in total. The van der Waals surface area contributed by atoms with E-state index < -0.39 is 8.32 Å². The number of anilines is 1. The summed E-state index contributed by atoms with van der Waals surface area (Å²) in [6.45, 7) is 10.4. The van der Waals surface area contributed by atoms with E-state index in [0.717, 1.165) is 0 Å². The van der Waals surface area contributed by atoms with Gasteiger partial charge in [-0.2, -0.15) is 0 Å². The number of carbonyl (C=O) groups is 1. The second kappa shape index (κ2) is 4.53. The first-order valence-electron chi connectivity index (χ1n) is 5.72. The number of nitrogens with two attached hydrogens (primary N) is 1. The molecule has 0 aliphatic rings. The van der Waals surface area contributed by atoms with Gasteiger partial charge in [0.1, 0.15) is 0 Å². The molecule has 0 bridgehead atoms. The van der Waals surface area contributed by atoms with E-state index in [1.807, 2.05) is 0 Å². The van der Waals surface area contributed by atoms with Gasteiger partial charge >= 0.3 is 5.97 Å². The van der Waals surface area contributed by atoms with Gasteiger partial charge in [-0.25, -0.2) is 4.79 Å². The fraction of sp³-hybridized carbons (Fsp3) is 0.462. The summed E-state index contributed by atoms with van der Waals surface area (Å²) in [5, 5.41) is 0.0243. The summed E-state index contributed by atoms with van der Waals surface area (Å²) in [6, 6.07) is 6.82. The third-order valence-corrected chi connectivity index (χ3v) is 7.61. The van der Waals surface area contributed by atoms with Gasteiger partial charge in [-0.1, -0.05) is 20.8 Å². The maximum atomic E-state index is 12.0. The Morgan fingerprint density at radius 2 is 1.65 bits per heavy atom. The summed E-state index contributed by atoms with van der Waals surface area (Å²) in [5.74, 6) is -0.253. The molecule has 0 saturated carbocycles. The SMILES string of the molecule is CC(C)(C)[Si](C)(C)OC(=O)c1ccc(N)cc1. The summed E-state index contributed by atoms with van der Waals surface area (Å²) in [6.07, 6.45) is 0. The Hall–Kier alpha value is -1.29. The fourth-order valence-electron chi connectivity index (χ4n) is 1.06. The van der Waals surface area contributed by atoms with Gasteiger partial charge in [0, 0.05) is 5.69 Å². The molecule has 1 aromatic carbocycles. The first-order chi connectivity index (χ1) is 7.63. The van der Waals surface area contributed by atoms with Gasteiger partial charge in [-0.05, 0) is 42.4 Å². The highest BCUT2D eigenvalue weighted by Crippen LogP contribution is 2.37. The highest BCUT2D eigenvalue weighted by atomic mass is 28.4. The zero-order valence-electron chi connectivity index (χ0n) is 11.2. The topological polar surface area (TPSA) is 52.3 Å². The lowest BCUT2D eigenvalue weighted by molar-refractivity contribution is 0.0712. The molecule has 0 radical (unpaired) electrons. The number of hydrogen-bond donors (Lipinski definition) is 1. The predicted octanol–water partition coefficient (Wildman–Crippen LogP) is 3.43. The molecule has 94 valence electrons. The standard InChI is InChI=1S/C13H21NO2Si/c1-13(2,3)17(4,5)16-12(15)10-6-8-11(14)9-7-10/h6-9H,14H2,1-5H3. The monoisotopic (exact) mass is 251 g/mol. The molecular formula is C13H21NO2Si. The Balaban J connectivity index is 2.83. The predicted molar refractivity (Wildman–Crippen MR) is 73.5 cm³/mol. The smallest absolute Gasteiger partial charge is 0.324 e. The zero-order valence-corrected chi connectivity index (χ0v) is 12.2. The van der Waals surface area contributed by atoms with Crippen molar-refractivity contribution in [3.05, 3.63) is 29.8 Å². The lowest BCUT2D eigenvalue weighted by Crippen LogP contribution is -2.42. The normalized spacial score (nSPS) is 12.3. The van der Waals surface area contributed by atoms with E-state index in [0.29, 0.717) is 11.3 Å². The molecule has 0 aliphatic heterocycles. The van der Waals surface area contributed by atoms with Crippen LogP contribution in [0.3, 0.4) is 0 Å². The molecule has 1 rings (SSSR count). The van der Waals surface area contributed by atoms with Crippen LogP contribution in [0.2, 0.25) is 18.1 Å². The van der Waals surface area contributed by atoms with Gasteiger partial charge in [0.2, 0.25) is 0 Å². The molecule has 0 atom stereocenters. The van der Waals surface area contributed by atoms with E-state index in [9.17, 15) is 4.79 Å². The minimum absolute atomic E-state index is 0.0243. The molecule has 0 saturated heterocycles. The fourth-order valence-corrected chi connectivity index (χ4v) is 1.95. The van der Waals surface area contributed by atoms with E-state index in [2.05, 4.69) is 33.9 Å². The van der Waals surface area contributed by atoms with Crippen LogP contribution in [0.4, 0.5) is 5.69 Å².